The average Bonchev–Trinajstić information content (AvgIpc) is 2.45. The maximum atomic E-state index is 11.6. The van der Waals surface area contributed by atoms with E-state index in [1.807, 2.05) is 29.6 Å². The molecule has 1 aromatic rings. The van der Waals surface area contributed by atoms with Gasteiger partial charge in [-0.25, -0.2) is 9.59 Å². The number of imide groups is 1. The van der Waals surface area contributed by atoms with Crippen molar-refractivity contribution in [3.05, 3.63) is 40.4 Å². The fourth-order valence-electron chi connectivity index (χ4n) is 1.29. The minimum Gasteiger partial charge on any atom is -0.453 e. The standard InChI is InChI=1S/C14H14BrNO5/c1-9(13(18)16-14(19)20-2)21-12(17)7-6-10-4-3-5-11(15)8-10/h3-9H,1-2H3,(H,16,18,19)/b7-6+/t9-/m1/s1. The molecule has 1 atom stereocenters. The number of hydrogen-bond acceptors (Lipinski definition) is 5. The van der Waals surface area contributed by atoms with Gasteiger partial charge in [-0.3, -0.25) is 10.1 Å². The molecule has 0 aliphatic heterocycles. The highest BCUT2D eigenvalue weighted by molar-refractivity contribution is 9.10. The summed E-state index contributed by atoms with van der Waals surface area (Å²) in [6, 6.07) is 7.30. The van der Waals surface area contributed by atoms with E-state index in [2.05, 4.69) is 20.7 Å². The third kappa shape index (κ3) is 6.22. The maximum absolute atomic E-state index is 11.6. The number of rotatable bonds is 4. The van der Waals surface area contributed by atoms with Crippen LogP contribution in [-0.4, -0.2) is 31.2 Å². The highest BCUT2D eigenvalue weighted by Gasteiger charge is 2.18. The van der Waals surface area contributed by atoms with E-state index in [-0.39, 0.29) is 0 Å². The minimum atomic E-state index is -1.11. The summed E-state index contributed by atoms with van der Waals surface area (Å²) in [5.41, 5.74) is 0.799. The summed E-state index contributed by atoms with van der Waals surface area (Å²) in [7, 11) is 1.13. The van der Waals surface area contributed by atoms with Crippen molar-refractivity contribution in [3.63, 3.8) is 0 Å². The number of esters is 1. The molecule has 0 fully saturated rings. The second-order valence-corrected chi connectivity index (χ2v) is 4.86. The zero-order chi connectivity index (χ0) is 15.8. The lowest BCUT2D eigenvalue weighted by molar-refractivity contribution is -0.149. The number of hydrogen-bond donors (Lipinski definition) is 1. The van der Waals surface area contributed by atoms with Crippen LogP contribution in [0.5, 0.6) is 0 Å². The fraction of sp³-hybridized carbons (Fsp3) is 0.214. The fourth-order valence-corrected chi connectivity index (χ4v) is 1.71. The Labute approximate surface area is 130 Å². The molecule has 0 aliphatic rings. The average molecular weight is 356 g/mol. The molecule has 0 radical (unpaired) electrons. The van der Waals surface area contributed by atoms with Gasteiger partial charge in [-0.05, 0) is 30.7 Å². The van der Waals surface area contributed by atoms with Gasteiger partial charge in [0.1, 0.15) is 0 Å². The van der Waals surface area contributed by atoms with Crippen LogP contribution in [0, 0.1) is 0 Å². The number of halogens is 1. The SMILES string of the molecule is COC(=O)NC(=O)[C@@H](C)OC(=O)/C=C/c1cccc(Br)c1. The van der Waals surface area contributed by atoms with E-state index in [9.17, 15) is 14.4 Å². The van der Waals surface area contributed by atoms with Crippen LogP contribution >= 0.6 is 15.9 Å². The first kappa shape index (κ1) is 16.9. The van der Waals surface area contributed by atoms with E-state index in [0.717, 1.165) is 17.1 Å². The predicted molar refractivity (Wildman–Crippen MR) is 79.3 cm³/mol. The van der Waals surface area contributed by atoms with E-state index in [1.165, 1.54) is 13.0 Å². The number of alkyl carbamates (subject to hydrolysis) is 1. The molecule has 0 aliphatic carbocycles. The van der Waals surface area contributed by atoms with Crippen molar-refractivity contribution in [2.75, 3.05) is 7.11 Å². The van der Waals surface area contributed by atoms with E-state index >= 15 is 0 Å². The summed E-state index contributed by atoms with van der Waals surface area (Å²) in [5, 5.41) is 1.91. The molecule has 21 heavy (non-hydrogen) atoms. The second kappa shape index (κ2) is 8.21. The molecule has 7 heteroatoms. The van der Waals surface area contributed by atoms with Crippen LogP contribution in [0.2, 0.25) is 0 Å². The predicted octanol–water partition coefficient (Wildman–Crippen LogP) is 2.28. The third-order valence-corrected chi connectivity index (χ3v) is 2.83. The van der Waals surface area contributed by atoms with Crippen LogP contribution < -0.4 is 5.32 Å². The van der Waals surface area contributed by atoms with Gasteiger partial charge in [0.25, 0.3) is 5.91 Å². The monoisotopic (exact) mass is 355 g/mol. The molecule has 112 valence electrons. The first-order chi connectivity index (χ1) is 9.92. The lowest BCUT2D eigenvalue weighted by atomic mass is 10.2. The Morgan fingerprint density at radius 1 is 1.33 bits per heavy atom. The van der Waals surface area contributed by atoms with Crippen molar-refractivity contribution in [1.29, 1.82) is 0 Å². The third-order valence-electron chi connectivity index (χ3n) is 2.33. The van der Waals surface area contributed by atoms with Gasteiger partial charge in [0.05, 0.1) is 7.11 Å². The van der Waals surface area contributed by atoms with Gasteiger partial charge in [-0.1, -0.05) is 28.1 Å². The summed E-state index contributed by atoms with van der Waals surface area (Å²) in [5.74, 6) is -1.45. The minimum absolute atomic E-state index is 0.692. The van der Waals surface area contributed by atoms with Crippen molar-refractivity contribution in [2.24, 2.45) is 0 Å². The van der Waals surface area contributed by atoms with Crippen LogP contribution in [0.4, 0.5) is 4.79 Å². The summed E-state index contributed by atoms with van der Waals surface area (Å²) >= 11 is 3.31. The Kier molecular flexibility index (Phi) is 6.61. The smallest absolute Gasteiger partial charge is 0.413 e. The Hall–Kier alpha value is -2.15. The van der Waals surface area contributed by atoms with Gasteiger partial charge >= 0.3 is 12.1 Å². The topological polar surface area (TPSA) is 81.7 Å². The molecule has 0 saturated heterocycles. The highest BCUT2D eigenvalue weighted by Crippen LogP contribution is 2.12. The molecular formula is C14H14BrNO5. The van der Waals surface area contributed by atoms with E-state index in [1.54, 1.807) is 6.08 Å². The summed E-state index contributed by atoms with van der Waals surface area (Å²) in [6.07, 6.45) is 0.734. The van der Waals surface area contributed by atoms with Crippen molar-refractivity contribution >= 4 is 40.0 Å². The van der Waals surface area contributed by atoms with Crippen LogP contribution in [-0.2, 0) is 19.1 Å². The molecule has 0 bridgehead atoms. The van der Waals surface area contributed by atoms with Gasteiger partial charge in [0.15, 0.2) is 6.10 Å². The largest absolute Gasteiger partial charge is 0.453 e. The molecule has 1 rings (SSSR count). The Morgan fingerprint density at radius 2 is 2.05 bits per heavy atom. The summed E-state index contributed by atoms with van der Waals surface area (Å²) in [6.45, 7) is 1.35. The van der Waals surface area contributed by atoms with Crippen molar-refractivity contribution in [3.8, 4) is 0 Å². The molecule has 2 amide bonds. The second-order valence-electron chi connectivity index (χ2n) is 3.95. The number of amides is 2. The van der Waals surface area contributed by atoms with Gasteiger partial charge in [0.2, 0.25) is 0 Å². The number of carbonyl (C=O) groups is 3. The summed E-state index contributed by atoms with van der Waals surface area (Å²) in [4.78, 5) is 33.8. The lowest BCUT2D eigenvalue weighted by Crippen LogP contribution is -2.39. The number of methoxy groups -OCH3 is 1. The highest BCUT2D eigenvalue weighted by atomic mass is 79.9. The Balaban J connectivity index is 2.53. The molecule has 0 unspecified atom stereocenters. The van der Waals surface area contributed by atoms with E-state index < -0.39 is 24.1 Å². The first-order valence-electron chi connectivity index (χ1n) is 5.95. The molecule has 0 saturated carbocycles. The number of nitrogens with one attached hydrogen (secondary N) is 1. The normalized spacial score (nSPS) is 11.8. The maximum Gasteiger partial charge on any atom is 0.413 e. The van der Waals surface area contributed by atoms with Gasteiger partial charge in [-0.2, -0.15) is 0 Å². The Morgan fingerprint density at radius 3 is 2.67 bits per heavy atom. The van der Waals surface area contributed by atoms with Crippen molar-refractivity contribution < 1.29 is 23.9 Å². The van der Waals surface area contributed by atoms with Crippen molar-refractivity contribution in [1.82, 2.24) is 5.32 Å². The number of benzene rings is 1. The van der Waals surface area contributed by atoms with E-state index in [4.69, 9.17) is 4.74 Å². The van der Waals surface area contributed by atoms with Gasteiger partial charge in [-0.15, -0.1) is 0 Å². The molecule has 0 spiro atoms. The molecule has 0 heterocycles. The number of carbonyl (C=O) groups excluding carboxylic acids is 3. The molecule has 1 N–H and O–H groups in total. The number of ether oxygens (including phenoxy) is 2. The Bertz CT molecular complexity index is 570. The lowest BCUT2D eigenvalue weighted by Gasteiger charge is -2.10. The molecule has 1 aromatic carbocycles. The first-order valence-corrected chi connectivity index (χ1v) is 6.74. The molecular weight excluding hydrogens is 342 g/mol. The molecule has 0 aromatic heterocycles. The van der Waals surface area contributed by atoms with Crippen LogP contribution in [0.15, 0.2) is 34.8 Å². The van der Waals surface area contributed by atoms with Crippen LogP contribution in [0.25, 0.3) is 6.08 Å². The van der Waals surface area contributed by atoms with Crippen molar-refractivity contribution in [2.45, 2.75) is 13.0 Å². The molecule has 6 nitrogen and oxygen atoms in total. The quantitative estimate of drug-likeness (QED) is 0.661. The van der Waals surface area contributed by atoms with E-state index in [0.29, 0.717) is 0 Å². The zero-order valence-corrected chi connectivity index (χ0v) is 13.0. The summed E-state index contributed by atoms with van der Waals surface area (Å²) < 4.78 is 9.99. The van der Waals surface area contributed by atoms with Gasteiger partial charge in [0, 0.05) is 10.5 Å². The van der Waals surface area contributed by atoms with Gasteiger partial charge < -0.3 is 9.47 Å². The van der Waals surface area contributed by atoms with Crippen LogP contribution in [0.3, 0.4) is 0 Å². The zero-order valence-electron chi connectivity index (χ0n) is 11.5. The van der Waals surface area contributed by atoms with Crippen LogP contribution in [0.1, 0.15) is 12.5 Å².